The molecule has 1 aliphatic heterocycles. The van der Waals surface area contributed by atoms with E-state index in [0.717, 1.165) is 93.5 Å². The number of allylic oxidation sites excluding steroid dienone is 2. The van der Waals surface area contributed by atoms with Crippen molar-refractivity contribution in [3.63, 3.8) is 0 Å². The first kappa shape index (κ1) is 95.7. The molecule has 10 heteroatoms. The summed E-state index contributed by atoms with van der Waals surface area (Å²) in [5.74, 6) is 5.81. The van der Waals surface area contributed by atoms with Gasteiger partial charge in [-0.3, -0.25) is 4.79 Å². The van der Waals surface area contributed by atoms with E-state index >= 15 is 0 Å². The highest BCUT2D eigenvalue weighted by atomic mass is 16.5. The molecule has 0 radical (unpaired) electrons. The fourth-order valence-electron chi connectivity index (χ4n) is 10.1. The smallest absolute Gasteiger partial charge is 0.347 e. The van der Waals surface area contributed by atoms with E-state index in [9.17, 15) is 14.4 Å². The number of ether oxygens (including phenoxy) is 1. The number of aliphatic hydroxyl groups is 3. The largest absolute Gasteiger partial charge is 0.513 e. The lowest BCUT2D eigenvalue weighted by atomic mass is 9.88. The van der Waals surface area contributed by atoms with E-state index in [1.807, 2.05) is 110 Å². The highest BCUT2D eigenvalue weighted by molar-refractivity contribution is 6.14. The number of ketones is 1. The third kappa shape index (κ3) is 41.9. The monoisotopic (exact) mass is 1420 g/mol. The van der Waals surface area contributed by atoms with E-state index in [2.05, 4.69) is 227 Å². The molecule has 104 heavy (non-hydrogen) atoms. The predicted octanol–water partition coefficient (Wildman–Crippen LogP) is 24.6. The summed E-state index contributed by atoms with van der Waals surface area (Å²) >= 11 is 0. The van der Waals surface area contributed by atoms with Crippen LogP contribution in [0.3, 0.4) is 0 Å². The number of fused-ring (bicyclic) bond motifs is 5. The fourth-order valence-corrected chi connectivity index (χ4v) is 10.1. The van der Waals surface area contributed by atoms with Crippen molar-refractivity contribution >= 4 is 44.5 Å². The third-order valence-corrected chi connectivity index (χ3v) is 14.6. The van der Waals surface area contributed by atoms with Gasteiger partial charge in [0, 0.05) is 65.5 Å². The van der Waals surface area contributed by atoms with Crippen molar-refractivity contribution in [1.29, 1.82) is 0 Å². The van der Waals surface area contributed by atoms with Crippen molar-refractivity contribution in [3.05, 3.63) is 197 Å². The molecule has 8 rings (SSSR count). The van der Waals surface area contributed by atoms with Crippen molar-refractivity contribution < 1.29 is 38.5 Å². The van der Waals surface area contributed by atoms with Crippen LogP contribution in [0.25, 0.3) is 55.2 Å². The number of Topliss-reactive ketones (excluding diaryl/α,β-unsaturated/α-hetero) is 1. The van der Waals surface area contributed by atoms with Gasteiger partial charge in [-0.15, -0.1) is 31.3 Å². The minimum atomic E-state index is -1.16. The summed E-state index contributed by atoms with van der Waals surface area (Å²) in [4.78, 5) is 37.2. The van der Waals surface area contributed by atoms with Crippen LogP contribution in [0.4, 0.5) is 0 Å². The van der Waals surface area contributed by atoms with Gasteiger partial charge in [0.1, 0.15) is 36.6 Å². The Balaban J connectivity index is 0.00000132. The lowest BCUT2D eigenvalue weighted by molar-refractivity contribution is -0.0648. The Hall–Kier alpha value is -8.28. The molecule has 0 atom stereocenters. The molecule has 1 aliphatic carbocycles. The molecule has 0 spiro atoms. The SMILES string of the molecule is C.C#CCC(C)(C)C.C#CCC(C)(C)C.C=C(O)CC(C)(C)C.C=CCC(C)(C)C.CC(C)(C)CC(=O)c1cc2ccccc2oc1=O.CC(C)(C)CC(O)O.CC(C)(C)Cc1ccccc1.C[N+](C)=c1ccc2c(-c3ccccc3C(=O)OCCCC(C)(C)C)c3ccc4ccccc4c3oc-2c1. The number of hydrogen-bond donors (Lipinski definition) is 3. The van der Waals surface area contributed by atoms with Crippen LogP contribution < -0.4 is 15.6 Å². The molecule has 0 amide bonds. The molecule has 0 unspecified atom stereocenters. The van der Waals surface area contributed by atoms with Gasteiger partial charge in [-0.05, 0) is 116 Å². The highest BCUT2D eigenvalue weighted by Crippen LogP contribution is 2.43. The van der Waals surface area contributed by atoms with Gasteiger partial charge in [0.2, 0.25) is 5.36 Å². The number of rotatable bonds is 11. The van der Waals surface area contributed by atoms with Gasteiger partial charge in [-0.25, -0.2) is 14.2 Å². The standard InChI is InChI=1S/C33H34NO3.C15H16O3.C11H16.C7H14O.C7H14.2C7H12.C6H14O2.CH4/c1-33(2,3)19-10-20-36-32(35)26-14-9-8-13-25(26)30-27-18-16-23(34(4)5)21-29(27)37-31-24-12-7-6-11-22(24)15-17-28(30)31;1-15(2,3)9-12(16)11-8-10-6-4-5-7-13(10)18-14(11)17;1-11(2,3)9-10-7-5-4-6-8-10;1-6(8)5-7(2,3)4;3*1-5-6-7(2,3)4;1-6(2,3)4-5(7)8;/h6-9,11-18,21H,10,19-20H2,1-5H3;4-8H,9H2,1-3H3;4-8H,9H2,1-3H3;8H,1,5H2,2-4H3;5H,1,6H2,2-4H3;2*1H,6H2,2-4H3;5,7-8H,4H2,1-3H3;1H4/q+1;;;;;;;;. The Morgan fingerprint density at radius 2 is 1.08 bits per heavy atom. The molecule has 2 aliphatic rings. The summed E-state index contributed by atoms with van der Waals surface area (Å²) in [6, 6.07) is 45.9. The summed E-state index contributed by atoms with van der Waals surface area (Å²) in [6.07, 6.45) is 18.2. The second-order valence-corrected chi connectivity index (χ2v) is 36.4. The van der Waals surface area contributed by atoms with Crippen LogP contribution >= 0.6 is 0 Å². The molecule has 1 aromatic heterocycles. The highest BCUT2D eigenvalue weighted by Gasteiger charge is 2.25. The van der Waals surface area contributed by atoms with E-state index in [-0.39, 0.29) is 52.2 Å². The van der Waals surface area contributed by atoms with Crippen LogP contribution in [-0.4, -0.2) is 54.1 Å². The second kappa shape index (κ2) is 43.2. The van der Waals surface area contributed by atoms with Gasteiger partial charge in [0.25, 0.3) is 0 Å². The molecule has 5 aromatic carbocycles. The lowest BCUT2D eigenvalue weighted by Crippen LogP contribution is -2.21. The number of aliphatic hydroxyl groups excluding tert-OH is 2. The predicted molar refractivity (Wildman–Crippen MR) is 447 cm³/mol. The van der Waals surface area contributed by atoms with Crippen LogP contribution in [-0.2, 0) is 11.2 Å². The van der Waals surface area contributed by atoms with E-state index < -0.39 is 11.9 Å². The number of hydrogen-bond acceptors (Lipinski definition) is 9. The average molecular weight is 1420 g/mol. The maximum atomic E-state index is 13.3. The Morgan fingerprint density at radius 3 is 1.51 bits per heavy atom. The summed E-state index contributed by atoms with van der Waals surface area (Å²) < 4.78 is 19.6. The zero-order valence-corrected chi connectivity index (χ0v) is 68.3. The third-order valence-electron chi connectivity index (χ3n) is 14.6. The van der Waals surface area contributed by atoms with Crippen molar-refractivity contribution in [2.75, 3.05) is 20.7 Å². The number of benzene rings is 6. The number of nitrogens with zero attached hydrogens (tertiary/aromatic N) is 1. The molecular formula is C94H136NO9+. The first-order chi connectivity index (χ1) is 47.2. The van der Waals surface area contributed by atoms with Gasteiger partial charge < -0.3 is 28.9 Å². The van der Waals surface area contributed by atoms with E-state index in [1.54, 1.807) is 18.2 Å². The summed E-state index contributed by atoms with van der Waals surface area (Å²) in [6.45, 7) is 58.2. The summed E-state index contributed by atoms with van der Waals surface area (Å²) in [5, 5.41) is 30.5. The maximum Gasteiger partial charge on any atom is 0.347 e. The molecule has 2 heterocycles. The van der Waals surface area contributed by atoms with Gasteiger partial charge >= 0.3 is 11.6 Å². The summed E-state index contributed by atoms with van der Waals surface area (Å²) in [7, 11) is 4.03. The number of esters is 1. The number of terminal acetylenes is 2. The van der Waals surface area contributed by atoms with Crippen LogP contribution in [0.2, 0.25) is 0 Å². The Kier molecular flexibility index (Phi) is 39.8. The topological polar surface area (TPSA) is 150 Å². The zero-order chi connectivity index (χ0) is 79.1. The molecular weight excluding hydrogens is 1290 g/mol. The maximum absolute atomic E-state index is 13.3. The van der Waals surface area contributed by atoms with Crippen LogP contribution in [0, 0.1) is 68.0 Å². The van der Waals surface area contributed by atoms with E-state index in [0.29, 0.717) is 58.7 Å². The van der Waals surface area contributed by atoms with Crippen LogP contribution in [0.5, 0.6) is 0 Å². The first-order valence-electron chi connectivity index (χ1n) is 36.2. The van der Waals surface area contributed by atoms with Gasteiger partial charge in [0.05, 0.1) is 24.0 Å². The van der Waals surface area contributed by atoms with Crippen molar-refractivity contribution in [1.82, 2.24) is 4.58 Å². The molecule has 10 nitrogen and oxygen atoms in total. The van der Waals surface area contributed by atoms with E-state index in [1.165, 1.54) is 5.56 Å². The Morgan fingerprint density at radius 1 is 0.558 bits per heavy atom. The normalized spacial score (nSPS) is 11.5. The molecule has 6 aromatic rings. The molecule has 0 bridgehead atoms. The van der Waals surface area contributed by atoms with E-state index in [4.69, 9.17) is 41.7 Å². The van der Waals surface area contributed by atoms with Crippen molar-refractivity contribution in [3.8, 4) is 47.1 Å². The van der Waals surface area contributed by atoms with Gasteiger partial charge in [-0.1, -0.05) is 283 Å². The summed E-state index contributed by atoms with van der Waals surface area (Å²) in [5.41, 5.74) is 7.42. The number of carbonyl (C=O) groups is 2. The quantitative estimate of drug-likeness (QED) is 0.00983. The molecule has 3 N–H and O–H groups in total. The minimum absolute atomic E-state index is 0. The molecule has 0 saturated heterocycles. The zero-order valence-electron chi connectivity index (χ0n) is 68.3. The second-order valence-electron chi connectivity index (χ2n) is 36.4. The van der Waals surface area contributed by atoms with Crippen LogP contribution in [0.1, 0.15) is 251 Å². The minimum Gasteiger partial charge on any atom is -0.513 e. The molecule has 570 valence electrons. The fraction of sp³-hybridized carbons (Fsp3) is 0.489. The number of para-hydroxylation sites is 1. The first-order valence-corrected chi connectivity index (χ1v) is 36.2. The van der Waals surface area contributed by atoms with Gasteiger partial charge in [0.15, 0.2) is 12.1 Å². The Bertz CT molecular complexity index is 4070. The van der Waals surface area contributed by atoms with Crippen molar-refractivity contribution in [2.24, 2.45) is 43.3 Å². The van der Waals surface area contributed by atoms with Crippen LogP contribution in [0.15, 0.2) is 178 Å². The lowest BCUT2D eigenvalue weighted by Gasteiger charge is -2.19. The van der Waals surface area contributed by atoms with Gasteiger partial charge in [-0.2, -0.15) is 0 Å². The molecule has 0 saturated carbocycles. The average Bonchev–Trinajstić information content (AvgIpc) is 0.737. The van der Waals surface area contributed by atoms with Crippen molar-refractivity contribution in [2.45, 2.75) is 238 Å². The number of carbonyl (C=O) groups excluding carboxylic acids is 2. The molecule has 0 fully saturated rings. The Labute approximate surface area is 629 Å².